The average Bonchev–Trinajstić information content (AvgIpc) is 2.28. The zero-order valence-electron chi connectivity index (χ0n) is 9.34. The van der Waals surface area contributed by atoms with Crippen LogP contribution in [0, 0.1) is 0 Å². The fourth-order valence-electron chi connectivity index (χ4n) is 1.43. The van der Waals surface area contributed by atoms with Gasteiger partial charge in [-0.2, -0.15) is 0 Å². The summed E-state index contributed by atoms with van der Waals surface area (Å²) in [6.45, 7) is 3.02. The van der Waals surface area contributed by atoms with Crippen LogP contribution in [0.1, 0.15) is 31.7 Å². The highest BCUT2D eigenvalue weighted by Gasteiger charge is 2.01. The summed E-state index contributed by atoms with van der Waals surface area (Å²) < 4.78 is 5.76. The van der Waals surface area contributed by atoms with Gasteiger partial charge in [-0.1, -0.05) is 47.5 Å². The second kappa shape index (κ2) is 7.75. The van der Waals surface area contributed by atoms with Crippen LogP contribution < -0.4 is 4.74 Å². The maximum atomic E-state index is 5.76. The summed E-state index contributed by atoms with van der Waals surface area (Å²) in [5.74, 6) is 1.06. The van der Waals surface area contributed by atoms with Crippen LogP contribution in [0.5, 0.6) is 5.75 Å². The van der Waals surface area contributed by atoms with Crippen molar-refractivity contribution in [3.8, 4) is 5.75 Å². The molecule has 0 spiro atoms. The second-order valence-corrected chi connectivity index (χ2v) is 4.40. The molecule has 0 N–H and O–H groups in total. The van der Waals surface area contributed by atoms with Gasteiger partial charge >= 0.3 is 0 Å². The van der Waals surface area contributed by atoms with Crippen molar-refractivity contribution in [1.82, 2.24) is 0 Å². The van der Waals surface area contributed by atoms with Crippen LogP contribution in [0.15, 0.2) is 24.3 Å². The number of para-hydroxylation sites is 1. The maximum absolute atomic E-state index is 5.76. The van der Waals surface area contributed by atoms with Gasteiger partial charge in [0.15, 0.2) is 0 Å². The van der Waals surface area contributed by atoms with E-state index in [1.807, 2.05) is 6.07 Å². The summed E-state index contributed by atoms with van der Waals surface area (Å²) in [7, 11) is 0. The molecule has 0 aliphatic carbocycles. The molecule has 0 unspecified atom stereocenters. The average molecular weight is 271 g/mol. The SMILES string of the molecule is CCCCOc1ccccc1CCCBr. The summed E-state index contributed by atoms with van der Waals surface area (Å²) >= 11 is 3.45. The van der Waals surface area contributed by atoms with Gasteiger partial charge in [-0.25, -0.2) is 0 Å². The monoisotopic (exact) mass is 270 g/mol. The molecule has 0 atom stereocenters. The van der Waals surface area contributed by atoms with E-state index in [0.29, 0.717) is 0 Å². The maximum Gasteiger partial charge on any atom is 0.122 e. The van der Waals surface area contributed by atoms with Gasteiger partial charge in [-0.3, -0.25) is 0 Å². The summed E-state index contributed by atoms with van der Waals surface area (Å²) in [5.41, 5.74) is 1.33. The van der Waals surface area contributed by atoms with Gasteiger partial charge in [0.25, 0.3) is 0 Å². The predicted molar refractivity (Wildman–Crippen MR) is 69.0 cm³/mol. The molecule has 1 aromatic carbocycles. The minimum Gasteiger partial charge on any atom is -0.493 e. The smallest absolute Gasteiger partial charge is 0.122 e. The standard InChI is InChI=1S/C13H19BrO/c1-2-3-11-15-13-9-5-4-7-12(13)8-6-10-14/h4-5,7,9H,2-3,6,8,10-11H2,1H3. The number of benzene rings is 1. The lowest BCUT2D eigenvalue weighted by molar-refractivity contribution is 0.306. The van der Waals surface area contributed by atoms with Crippen molar-refractivity contribution in [2.24, 2.45) is 0 Å². The first-order valence-electron chi connectivity index (χ1n) is 5.65. The first kappa shape index (κ1) is 12.6. The highest BCUT2D eigenvalue weighted by atomic mass is 79.9. The molecule has 84 valence electrons. The highest BCUT2D eigenvalue weighted by molar-refractivity contribution is 9.09. The number of hydrogen-bond acceptors (Lipinski definition) is 1. The van der Waals surface area contributed by atoms with Crippen molar-refractivity contribution in [1.29, 1.82) is 0 Å². The Kier molecular flexibility index (Phi) is 6.49. The predicted octanol–water partition coefficient (Wildman–Crippen LogP) is 4.19. The Balaban J connectivity index is 2.52. The normalized spacial score (nSPS) is 10.3. The lowest BCUT2D eigenvalue weighted by Crippen LogP contribution is -2.00. The molecule has 0 aliphatic heterocycles. The van der Waals surface area contributed by atoms with E-state index < -0.39 is 0 Å². The Hall–Kier alpha value is -0.500. The van der Waals surface area contributed by atoms with Gasteiger partial charge in [0, 0.05) is 5.33 Å². The van der Waals surface area contributed by atoms with Gasteiger partial charge in [0.2, 0.25) is 0 Å². The first-order chi connectivity index (χ1) is 7.38. The molecule has 0 radical (unpaired) electrons. The molecule has 2 heteroatoms. The third-order valence-electron chi connectivity index (χ3n) is 2.31. The quantitative estimate of drug-likeness (QED) is 0.533. The zero-order valence-corrected chi connectivity index (χ0v) is 10.9. The molecule has 0 heterocycles. The number of ether oxygens (including phenoxy) is 1. The fourth-order valence-corrected chi connectivity index (χ4v) is 1.72. The van der Waals surface area contributed by atoms with Gasteiger partial charge in [-0.05, 0) is 30.9 Å². The number of hydrogen-bond donors (Lipinski definition) is 0. The van der Waals surface area contributed by atoms with Crippen LogP contribution in [0.25, 0.3) is 0 Å². The third kappa shape index (κ3) is 4.70. The molecule has 0 fully saturated rings. The molecular weight excluding hydrogens is 252 g/mol. The van der Waals surface area contributed by atoms with Crippen molar-refractivity contribution >= 4 is 15.9 Å². The van der Waals surface area contributed by atoms with E-state index in [1.165, 1.54) is 12.0 Å². The van der Waals surface area contributed by atoms with E-state index in [1.54, 1.807) is 0 Å². The lowest BCUT2D eigenvalue weighted by Gasteiger charge is -2.10. The summed E-state index contributed by atoms with van der Waals surface area (Å²) in [6.07, 6.45) is 4.57. The minimum absolute atomic E-state index is 0.835. The fraction of sp³-hybridized carbons (Fsp3) is 0.538. The molecule has 1 rings (SSSR count). The van der Waals surface area contributed by atoms with E-state index in [-0.39, 0.29) is 0 Å². The number of unbranched alkanes of at least 4 members (excludes halogenated alkanes) is 1. The van der Waals surface area contributed by atoms with Crippen molar-refractivity contribution < 1.29 is 4.74 Å². The van der Waals surface area contributed by atoms with Crippen molar-refractivity contribution in [3.63, 3.8) is 0 Å². The largest absolute Gasteiger partial charge is 0.493 e. The topological polar surface area (TPSA) is 9.23 Å². The molecule has 0 bridgehead atoms. The Labute approximate surface area is 101 Å². The van der Waals surface area contributed by atoms with Crippen LogP contribution in [0.3, 0.4) is 0 Å². The second-order valence-electron chi connectivity index (χ2n) is 3.60. The van der Waals surface area contributed by atoms with Crippen molar-refractivity contribution in [2.75, 3.05) is 11.9 Å². The Morgan fingerprint density at radius 2 is 2.00 bits per heavy atom. The Morgan fingerprint density at radius 3 is 2.73 bits per heavy atom. The molecule has 15 heavy (non-hydrogen) atoms. The molecule has 0 aliphatic rings. The van der Waals surface area contributed by atoms with Gasteiger partial charge < -0.3 is 4.74 Å². The van der Waals surface area contributed by atoms with Crippen LogP contribution >= 0.6 is 15.9 Å². The molecule has 0 saturated carbocycles. The lowest BCUT2D eigenvalue weighted by atomic mass is 10.1. The summed E-state index contributed by atoms with van der Waals surface area (Å²) in [4.78, 5) is 0. The van der Waals surface area contributed by atoms with E-state index in [4.69, 9.17) is 4.74 Å². The number of alkyl halides is 1. The van der Waals surface area contributed by atoms with E-state index in [0.717, 1.165) is 36.9 Å². The van der Waals surface area contributed by atoms with E-state index in [9.17, 15) is 0 Å². The first-order valence-corrected chi connectivity index (χ1v) is 6.77. The number of halogens is 1. The van der Waals surface area contributed by atoms with E-state index >= 15 is 0 Å². The van der Waals surface area contributed by atoms with Gasteiger partial charge in [0.05, 0.1) is 6.61 Å². The van der Waals surface area contributed by atoms with Crippen LogP contribution in [-0.2, 0) is 6.42 Å². The van der Waals surface area contributed by atoms with Gasteiger partial charge in [0.1, 0.15) is 5.75 Å². The molecule has 0 aromatic heterocycles. The Morgan fingerprint density at radius 1 is 1.20 bits per heavy atom. The highest BCUT2D eigenvalue weighted by Crippen LogP contribution is 2.20. The van der Waals surface area contributed by atoms with E-state index in [2.05, 4.69) is 41.1 Å². The van der Waals surface area contributed by atoms with Crippen LogP contribution in [-0.4, -0.2) is 11.9 Å². The van der Waals surface area contributed by atoms with Crippen LogP contribution in [0.4, 0.5) is 0 Å². The van der Waals surface area contributed by atoms with Crippen molar-refractivity contribution in [2.45, 2.75) is 32.6 Å². The summed E-state index contributed by atoms with van der Waals surface area (Å²) in [6, 6.07) is 8.35. The molecule has 0 saturated heterocycles. The third-order valence-corrected chi connectivity index (χ3v) is 2.87. The molecule has 0 amide bonds. The summed E-state index contributed by atoms with van der Waals surface area (Å²) in [5, 5.41) is 1.05. The molecule has 1 nitrogen and oxygen atoms in total. The van der Waals surface area contributed by atoms with Gasteiger partial charge in [-0.15, -0.1) is 0 Å². The van der Waals surface area contributed by atoms with Crippen molar-refractivity contribution in [3.05, 3.63) is 29.8 Å². The zero-order chi connectivity index (χ0) is 10.9. The molecular formula is C13H19BrO. The number of rotatable bonds is 7. The molecule has 1 aromatic rings. The number of aryl methyl sites for hydroxylation is 1. The van der Waals surface area contributed by atoms with Crippen LogP contribution in [0.2, 0.25) is 0 Å². The minimum atomic E-state index is 0.835. The Bertz CT molecular complexity index is 273.